The van der Waals surface area contributed by atoms with Gasteiger partial charge in [0.1, 0.15) is 0 Å². The minimum Gasteiger partial charge on any atom is -0.419 e. The van der Waals surface area contributed by atoms with Crippen LogP contribution in [0.2, 0.25) is 0 Å². The number of anilines is 1. The maximum atomic E-state index is 11.8. The van der Waals surface area contributed by atoms with Crippen molar-refractivity contribution in [1.29, 1.82) is 0 Å². The van der Waals surface area contributed by atoms with Crippen molar-refractivity contribution in [2.24, 2.45) is 0 Å². The number of nitrogens with one attached hydrogen (secondary N) is 1. The molecule has 1 aliphatic rings. The van der Waals surface area contributed by atoms with E-state index in [0.717, 1.165) is 5.52 Å². The van der Waals surface area contributed by atoms with Crippen molar-refractivity contribution in [3.8, 4) is 0 Å². The molecule has 0 amide bonds. The lowest BCUT2D eigenvalue weighted by Crippen LogP contribution is -2.42. The van der Waals surface area contributed by atoms with Crippen molar-refractivity contribution in [3.05, 3.63) is 42.4 Å². The lowest BCUT2D eigenvalue weighted by molar-refractivity contribution is -0.222. The van der Waals surface area contributed by atoms with Gasteiger partial charge in [-0.15, -0.1) is 0 Å². The summed E-state index contributed by atoms with van der Waals surface area (Å²) in [6.07, 6.45) is 4.45. The van der Waals surface area contributed by atoms with Gasteiger partial charge in [0.05, 0.1) is 11.0 Å². The van der Waals surface area contributed by atoms with E-state index in [-0.39, 0.29) is 5.57 Å². The molecular weight excluding hydrogens is 286 g/mol. The van der Waals surface area contributed by atoms with Crippen LogP contribution in [0.4, 0.5) is 5.69 Å². The van der Waals surface area contributed by atoms with Crippen LogP contribution >= 0.6 is 0 Å². The molecule has 1 N–H and O–H groups in total. The molecule has 22 heavy (non-hydrogen) atoms. The second-order valence-corrected chi connectivity index (χ2v) is 5.14. The molecule has 0 saturated carbocycles. The number of esters is 2. The van der Waals surface area contributed by atoms with Gasteiger partial charge in [0.15, 0.2) is 5.57 Å². The van der Waals surface area contributed by atoms with Gasteiger partial charge in [-0.05, 0) is 18.2 Å². The van der Waals surface area contributed by atoms with Crippen LogP contribution in [0.15, 0.2) is 42.4 Å². The Hall–Kier alpha value is -2.96. The Bertz CT molecular complexity index is 776. The lowest BCUT2D eigenvalue weighted by Gasteiger charge is -2.29. The number of cyclic esters (lactones) is 2. The fourth-order valence-electron chi connectivity index (χ4n) is 1.99. The number of carbonyl (C=O) groups is 2. The molecule has 112 valence electrons. The van der Waals surface area contributed by atoms with Crippen molar-refractivity contribution in [1.82, 2.24) is 9.97 Å². The zero-order valence-electron chi connectivity index (χ0n) is 12.0. The monoisotopic (exact) mass is 299 g/mol. The Morgan fingerprint density at radius 3 is 2.36 bits per heavy atom. The van der Waals surface area contributed by atoms with E-state index in [1.165, 1.54) is 20.0 Å². The van der Waals surface area contributed by atoms with Gasteiger partial charge in [0.2, 0.25) is 0 Å². The molecule has 0 aliphatic carbocycles. The van der Waals surface area contributed by atoms with Crippen molar-refractivity contribution in [2.45, 2.75) is 19.6 Å². The number of nitrogens with zero attached hydrogens (tertiary/aromatic N) is 2. The molecule has 0 unspecified atom stereocenters. The summed E-state index contributed by atoms with van der Waals surface area (Å²) in [7, 11) is 0. The van der Waals surface area contributed by atoms with Crippen LogP contribution in [0.1, 0.15) is 13.8 Å². The Morgan fingerprint density at radius 2 is 1.68 bits per heavy atom. The van der Waals surface area contributed by atoms with Gasteiger partial charge in [-0.1, -0.05) is 0 Å². The molecule has 1 aliphatic heterocycles. The molecule has 1 fully saturated rings. The molecule has 1 aromatic carbocycles. The highest BCUT2D eigenvalue weighted by molar-refractivity contribution is 6.15. The molecule has 0 atom stereocenters. The number of carbonyl (C=O) groups excluding carboxylic acids is 2. The zero-order valence-corrected chi connectivity index (χ0v) is 12.0. The third-order valence-corrected chi connectivity index (χ3v) is 2.97. The molecule has 1 saturated heterocycles. The first-order valence-electron chi connectivity index (χ1n) is 6.59. The Balaban J connectivity index is 1.83. The fraction of sp³-hybridized carbons (Fsp3) is 0.200. The predicted molar refractivity (Wildman–Crippen MR) is 77.5 cm³/mol. The quantitative estimate of drug-likeness (QED) is 0.513. The topological polar surface area (TPSA) is 90.4 Å². The second kappa shape index (κ2) is 5.10. The molecule has 7 nitrogen and oxygen atoms in total. The van der Waals surface area contributed by atoms with E-state index in [1.807, 2.05) is 0 Å². The van der Waals surface area contributed by atoms with Crippen LogP contribution in [0, 0.1) is 0 Å². The number of hydrogen-bond acceptors (Lipinski definition) is 7. The molecule has 3 rings (SSSR count). The van der Waals surface area contributed by atoms with Crippen molar-refractivity contribution < 1.29 is 19.1 Å². The van der Waals surface area contributed by atoms with Gasteiger partial charge in [-0.25, -0.2) is 9.59 Å². The summed E-state index contributed by atoms with van der Waals surface area (Å²) < 4.78 is 10.0. The summed E-state index contributed by atoms with van der Waals surface area (Å²) >= 11 is 0. The van der Waals surface area contributed by atoms with Gasteiger partial charge in [0, 0.05) is 38.1 Å². The van der Waals surface area contributed by atoms with Gasteiger partial charge in [0.25, 0.3) is 5.79 Å². The van der Waals surface area contributed by atoms with E-state index in [1.54, 1.807) is 30.6 Å². The molecular formula is C15H13N3O4. The van der Waals surface area contributed by atoms with E-state index < -0.39 is 17.7 Å². The summed E-state index contributed by atoms with van der Waals surface area (Å²) in [5.41, 5.74) is 1.91. The Kier molecular flexibility index (Phi) is 3.25. The maximum Gasteiger partial charge on any atom is 0.350 e. The fourth-order valence-corrected chi connectivity index (χ4v) is 1.99. The molecule has 7 heteroatoms. The molecule has 1 aromatic heterocycles. The van der Waals surface area contributed by atoms with Gasteiger partial charge in [-0.3, -0.25) is 9.97 Å². The van der Waals surface area contributed by atoms with Crippen molar-refractivity contribution >= 4 is 28.7 Å². The first-order valence-corrected chi connectivity index (χ1v) is 6.59. The van der Waals surface area contributed by atoms with Crippen LogP contribution in [0.25, 0.3) is 11.0 Å². The van der Waals surface area contributed by atoms with E-state index >= 15 is 0 Å². The predicted octanol–water partition coefficient (Wildman–Crippen LogP) is 1.76. The molecule has 2 heterocycles. The van der Waals surface area contributed by atoms with E-state index in [9.17, 15) is 9.59 Å². The normalized spacial score (nSPS) is 16.9. The number of aromatic nitrogens is 2. The van der Waals surface area contributed by atoms with E-state index in [4.69, 9.17) is 9.47 Å². The van der Waals surface area contributed by atoms with Crippen LogP contribution in [0.3, 0.4) is 0 Å². The van der Waals surface area contributed by atoms with Crippen molar-refractivity contribution in [2.75, 3.05) is 5.32 Å². The van der Waals surface area contributed by atoms with Crippen LogP contribution in [-0.2, 0) is 19.1 Å². The standard InChI is InChI=1S/C15H13N3O4/c1-15(2)21-13(19)10(14(20)22-15)8-18-9-3-4-11-12(7-9)17-6-5-16-11/h3-8,18H,1-2H3. The first kappa shape index (κ1) is 14.0. The van der Waals surface area contributed by atoms with E-state index in [0.29, 0.717) is 11.2 Å². The average molecular weight is 299 g/mol. The highest BCUT2D eigenvalue weighted by atomic mass is 16.7. The molecule has 0 radical (unpaired) electrons. The Labute approximate surface area is 126 Å². The number of hydrogen-bond donors (Lipinski definition) is 1. The highest BCUT2D eigenvalue weighted by Crippen LogP contribution is 2.23. The van der Waals surface area contributed by atoms with Gasteiger partial charge < -0.3 is 14.8 Å². The number of benzene rings is 1. The van der Waals surface area contributed by atoms with Crippen LogP contribution in [0.5, 0.6) is 0 Å². The minimum atomic E-state index is -1.25. The summed E-state index contributed by atoms with van der Waals surface area (Å²) in [4.78, 5) is 31.9. The van der Waals surface area contributed by atoms with Crippen molar-refractivity contribution in [3.63, 3.8) is 0 Å². The molecule has 2 aromatic rings. The minimum absolute atomic E-state index is 0.196. The Morgan fingerprint density at radius 1 is 1.05 bits per heavy atom. The molecule has 0 spiro atoms. The van der Waals surface area contributed by atoms with Crippen LogP contribution in [-0.4, -0.2) is 27.7 Å². The third-order valence-electron chi connectivity index (χ3n) is 2.97. The smallest absolute Gasteiger partial charge is 0.350 e. The SMILES string of the molecule is CC1(C)OC(=O)C(=CNc2ccc3nccnc3c2)C(=O)O1. The summed E-state index contributed by atoms with van der Waals surface area (Å²) in [6.45, 7) is 2.99. The molecule has 0 bridgehead atoms. The number of fused-ring (bicyclic) bond motifs is 1. The van der Waals surface area contributed by atoms with E-state index in [2.05, 4.69) is 15.3 Å². The zero-order chi connectivity index (χ0) is 15.7. The summed E-state index contributed by atoms with van der Waals surface area (Å²) in [5.74, 6) is -2.70. The highest BCUT2D eigenvalue weighted by Gasteiger charge is 2.38. The van der Waals surface area contributed by atoms with Crippen LogP contribution < -0.4 is 5.32 Å². The number of ether oxygens (including phenoxy) is 2. The average Bonchev–Trinajstić information content (AvgIpc) is 2.45. The number of rotatable bonds is 2. The second-order valence-electron chi connectivity index (χ2n) is 5.14. The van der Waals surface area contributed by atoms with Gasteiger partial charge >= 0.3 is 11.9 Å². The first-order chi connectivity index (χ1) is 10.4. The summed E-state index contributed by atoms with van der Waals surface area (Å²) in [6, 6.07) is 5.30. The maximum absolute atomic E-state index is 11.8. The lowest BCUT2D eigenvalue weighted by atomic mass is 10.2. The third kappa shape index (κ3) is 2.73. The largest absolute Gasteiger partial charge is 0.419 e. The van der Waals surface area contributed by atoms with Gasteiger partial charge in [-0.2, -0.15) is 0 Å². The summed E-state index contributed by atoms with van der Waals surface area (Å²) in [5, 5.41) is 2.86.